The van der Waals surface area contributed by atoms with E-state index in [1.54, 1.807) is 0 Å². The quantitative estimate of drug-likeness (QED) is 0.904. The van der Waals surface area contributed by atoms with Gasteiger partial charge in [0.1, 0.15) is 0 Å². The molecule has 0 spiro atoms. The Morgan fingerprint density at radius 2 is 2.33 bits per heavy atom. The van der Waals surface area contributed by atoms with Gasteiger partial charge in [-0.3, -0.25) is 0 Å². The Kier molecular flexibility index (Phi) is 3.65. The van der Waals surface area contributed by atoms with Crippen LogP contribution >= 0.6 is 15.9 Å². The van der Waals surface area contributed by atoms with E-state index in [2.05, 4.69) is 57.3 Å². The molecule has 1 fully saturated rings. The summed E-state index contributed by atoms with van der Waals surface area (Å²) in [6, 6.07) is 9.20. The molecular weight excluding hydrogens is 252 g/mol. The molecule has 2 rings (SSSR count). The average Bonchev–Trinajstić information content (AvgIpc) is 2.16. The summed E-state index contributed by atoms with van der Waals surface area (Å²) in [5.41, 5.74) is 1.31. The molecule has 1 aromatic rings. The first-order chi connectivity index (χ1) is 7.29. The first kappa shape index (κ1) is 11.0. The fraction of sp³-hybridized carbons (Fsp3) is 0.500. The Bertz CT molecular complexity index is 323. The molecule has 0 aromatic heterocycles. The molecular formula is C12H17BrN2. The molecule has 0 aliphatic carbocycles. The van der Waals surface area contributed by atoms with E-state index < -0.39 is 0 Å². The zero-order valence-electron chi connectivity index (χ0n) is 9.04. The number of nitrogens with zero attached hydrogens (tertiary/aromatic N) is 1. The minimum absolute atomic E-state index is 0.684. The molecule has 15 heavy (non-hydrogen) atoms. The Morgan fingerprint density at radius 1 is 1.53 bits per heavy atom. The number of benzene rings is 1. The van der Waals surface area contributed by atoms with Crippen molar-refractivity contribution in [3.8, 4) is 0 Å². The number of nitrogens with one attached hydrogen (secondary N) is 1. The highest BCUT2D eigenvalue weighted by Crippen LogP contribution is 2.20. The topological polar surface area (TPSA) is 15.3 Å². The lowest BCUT2D eigenvalue weighted by Gasteiger charge is -2.34. The molecule has 1 N–H and O–H groups in total. The highest BCUT2D eigenvalue weighted by atomic mass is 79.9. The third-order valence-electron chi connectivity index (χ3n) is 2.92. The largest absolute Gasteiger partial charge is 0.370 e. The van der Waals surface area contributed by atoms with Crippen LogP contribution in [0.5, 0.6) is 0 Å². The third-order valence-corrected chi connectivity index (χ3v) is 3.41. The fourth-order valence-electron chi connectivity index (χ4n) is 1.86. The third kappa shape index (κ3) is 2.73. The van der Waals surface area contributed by atoms with E-state index in [0.717, 1.165) is 17.6 Å². The van der Waals surface area contributed by atoms with Crippen molar-refractivity contribution < 1.29 is 0 Å². The number of halogens is 1. The maximum atomic E-state index is 3.51. The summed E-state index contributed by atoms with van der Waals surface area (Å²) in [5.74, 6) is 0. The molecule has 2 nitrogen and oxygen atoms in total. The normalized spacial score (nSPS) is 19.7. The van der Waals surface area contributed by atoms with Crippen molar-refractivity contribution in [1.82, 2.24) is 5.32 Å². The predicted molar refractivity (Wildman–Crippen MR) is 68.4 cm³/mol. The van der Waals surface area contributed by atoms with Crippen LogP contribution in [0.2, 0.25) is 0 Å². The zero-order chi connectivity index (χ0) is 10.7. The first-order valence-corrected chi connectivity index (χ1v) is 6.33. The highest BCUT2D eigenvalue weighted by molar-refractivity contribution is 9.10. The second-order valence-electron chi connectivity index (χ2n) is 3.96. The molecule has 82 valence electrons. The van der Waals surface area contributed by atoms with Gasteiger partial charge in [-0.15, -0.1) is 0 Å². The van der Waals surface area contributed by atoms with Crippen LogP contribution in [0.3, 0.4) is 0 Å². The Labute approximate surface area is 99.8 Å². The van der Waals surface area contributed by atoms with Gasteiger partial charge in [0.25, 0.3) is 0 Å². The lowest BCUT2D eigenvalue weighted by molar-refractivity contribution is 0.371. The number of anilines is 1. The summed E-state index contributed by atoms with van der Waals surface area (Å²) in [6.45, 7) is 5.57. The summed E-state index contributed by atoms with van der Waals surface area (Å²) in [4.78, 5) is 2.42. The highest BCUT2D eigenvalue weighted by Gasteiger charge is 2.19. The molecule has 1 heterocycles. The van der Waals surface area contributed by atoms with Crippen molar-refractivity contribution in [3.63, 3.8) is 0 Å². The van der Waals surface area contributed by atoms with Gasteiger partial charge in [0.2, 0.25) is 0 Å². The molecule has 0 bridgehead atoms. The molecule has 3 heteroatoms. The van der Waals surface area contributed by atoms with Crippen molar-refractivity contribution in [2.24, 2.45) is 0 Å². The molecule has 1 atom stereocenters. The van der Waals surface area contributed by atoms with Gasteiger partial charge in [-0.2, -0.15) is 0 Å². The van der Waals surface area contributed by atoms with Gasteiger partial charge in [-0.1, -0.05) is 22.0 Å². The number of likely N-dealkylation sites (N-methyl/N-ethyl adjacent to an activating group) is 1. The van der Waals surface area contributed by atoms with E-state index in [9.17, 15) is 0 Å². The SMILES string of the molecule is CCN(CC1CCN1)c1cccc(Br)c1. The van der Waals surface area contributed by atoms with Crippen LogP contribution < -0.4 is 10.2 Å². The maximum Gasteiger partial charge on any atom is 0.0377 e. The van der Waals surface area contributed by atoms with Gasteiger partial charge in [-0.05, 0) is 38.1 Å². The van der Waals surface area contributed by atoms with Crippen molar-refractivity contribution in [1.29, 1.82) is 0 Å². The van der Waals surface area contributed by atoms with E-state index in [1.165, 1.54) is 18.7 Å². The maximum absolute atomic E-state index is 3.51. The summed E-state index contributed by atoms with van der Waals surface area (Å²) in [5, 5.41) is 3.44. The van der Waals surface area contributed by atoms with Crippen LogP contribution in [-0.4, -0.2) is 25.7 Å². The molecule has 1 saturated heterocycles. The van der Waals surface area contributed by atoms with Crippen LogP contribution in [0.15, 0.2) is 28.7 Å². The summed E-state index contributed by atoms with van der Waals surface area (Å²) >= 11 is 3.51. The number of hydrogen-bond acceptors (Lipinski definition) is 2. The standard InChI is InChI=1S/C12H17BrN2/c1-2-15(9-11-6-7-14-11)12-5-3-4-10(13)8-12/h3-5,8,11,14H,2,6-7,9H2,1H3. The molecule has 1 unspecified atom stereocenters. The lowest BCUT2D eigenvalue weighted by Crippen LogP contribution is -2.50. The molecule has 1 aromatic carbocycles. The summed E-state index contributed by atoms with van der Waals surface area (Å²) < 4.78 is 1.15. The van der Waals surface area contributed by atoms with Crippen LogP contribution in [0.4, 0.5) is 5.69 Å². The monoisotopic (exact) mass is 268 g/mol. The number of rotatable bonds is 4. The van der Waals surface area contributed by atoms with Crippen molar-refractivity contribution in [3.05, 3.63) is 28.7 Å². The molecule has 1 aliphatic heterocycles. The van der Waals surface area contributed by atoms with Gasteiger partial charge < -0.3 is 10.2 Å². The Balaban J connectivity index is 2.04. The van der Waals surface area contributed by atoms with Crippen LogP contribution in [0.25, 0.3) is 0 Å². The van der Waals surface area contributed by atoms with Gasteiger partial charge in [-0.25, -0.2) is 0 Å². The van der Waals surface area contributed by atoms with Gasteiger partial charge in [0.15, 0.2) is 0 Å². The summed E-state index contributed by atoms with van der Waals surface area (Å²) in [7, 11) is 0. The van der Waals surface area contributed by atoms with E-state index in [-0.39, 0.29) is 0 Å². The van der Waals surface area contributed by atoms with Gasteiger partial charge in [0, 0.05) is 29.3 Å². The van der Waals surface area contributed by atoms with Crippen molar-refractivity contribution in [2.75, 3.05) is 24.5 Å². The Morgan fingerprint density at radius 3 is 2.87 bits per heavy atom. The summed E-state index contributed by atoms with van der Waals surface area (Å²) in [6.07, 6.45) is 1.31. The van der Waals surface area contributed by atoms with Crippen LogP contribution in [-0.2, 0) is 0 Å². The fourth-order valence-corrected chi connectivity index (χ4v) is 2.25. The second kappa shape index (κ2) is 4.99. The predicted octanol–water partition coefficient (Wildman–Crippen LogP) is 2.64. The molecule has 0 amide bonds. The molecule has 1 aliphatic rings. The van der Waals surface area contributed by atoms with E-state index >= 15 is 0 Å². The minimum Gasteiger partial charge on any atom is -0.370 e. The smallest absolute Gasteiger partial charge is 0.0377 e. The van der Waals surface area contributed by atoms with Gasteiger partial charge >= 0.3 is 0 Å². The zero-order valence-corrected chi connectivity index (χ0v) is 10.6. The Hall–Kier alpha value is -0.540. The second-order valence-corrected chi connectivity index (χ2v) is 4.87. The lowest BCUT2D eigenvalue weighted by atomic mass is 10.1. The molecule has 0 saturated carbocycles. The van der Waals surface area contributed by atoms with E-state index in [4.69, 9.17) is 0 Å². The number of hydrogen-bond donors (Lipinski definition) is 1. The van der Waals surface area contributed by atoms with Crippen molar-refractivity contribution >= 4 is 21.6 Å². The van der Waals surface area contributed by atoms with Crippen LogP contribution in [0.1, 0.15) is 13.3 Å². The minimum atomic E-state index is 0.684. The van der Waals surface area contributed by atoms with Crippen molar-refractivity contribution in [2.45, 2.75) is 19.4 Å². The van der Waals surface area contributed by atoms with E-state index in [0.29, 0.717) is 6.04 Å². The molecule has 0 radical (unpaired) electrons. The first-order valence-electron chi connectivity index (χ1n) is 5.53. The average molecular weight is 269 g/mol. The van der Waals surface area contributed by atoms with Gasteiger partial charge in [0.05, 0.1) is 0 Å². The van der Waals surface area contributed by atoms with E-state index in [1.807, 2.05) is 0 Å². The van der Waals surface area contributed by atoms with Crippen LogP contribution in [0, 0.1) is 0 Å².